The molecule has 2 aromatic rings. The van der Waals surface area contributed by atoms with Gasteiger partial charge in [-0.1, -0.05) is 25.1 Å². The van der Waals surface area contributed by atoms with Crippen molar-refractivity contribution in [3.05, 3.63) is 65.7 Å². The first-order valence-electron chi connectivity index (χ1n) is 8.89. The normalized spacial score (nSPS) is 12.3. The summed E-state index contributed by atoms with van der Waals surface area (Å²) in [5, 5.41) is 18.9. The number of hydrogen-bond donors (Lipinski definition) is 2. The van der Waals surface area contributed by atoms with Crippen LogP contribution in [-0.2, 0) is 4.79 Å². The maximum atomic E-state index is 12.9. The molecule has 10 heteroatoms. The van der Waals surface area contributed by atoms with E-state index < -0.39 is 35.8 Å². The number of carbonyl (C=O) groups excluding carboxylic acids is 2. The highest BCUT2D eigenvalue weighted by atomic mass is 19.3. The van der Waals surface area contributed by atoms with E-state index in [9.17, 15) is 37.4 Å². The molecule has 0 heterocycles. The minimum absolute atomic E-state index is 0.0333. The number of halogens is 4. The molecule has 0 aliphatic heterocycles. The first-order valence-corrected chi connectivity index (χ1v) is 8.89. The summed E-state index contributed by atoms with van der Waals surface area (Å²) >= 11 is 0. The van der Waals surface area contributed by atoms with Crippen LogP contribution in [0, 0.1) is 0 Å². The van der Waals surface area contributed by atoms with Crippen LogP contribution in [0.25, 0.3) is 6.08 Å². The molecule has 0 atom stereocenters. The monoisotopic (exact) mass is 442 g/mol. The summed E-state index contributed by atoms with van der Waals surface area (Å²) in [4.78, 5) is 23.8. The van der Waals surface area contributed by atoms with Crippen molar-refractivity contribution in [2.45, 2.75) is 31.7 Å². The molecule has 0 aliphatic rings. The maximum absolute atomic E-state index is 12.9. The minimum atomic E-state index is -4.65. The lowest BCUT2D eigenvalue weighted by atomic mass is 10.1. The molecule has 0 radical (unpaired) electrons. The fraction of sp³-hybridized carbons (Fsp3) is 0.238. The molecule has 0 aromatic heterocycles. The highest BCUT2D eigenvalue weighted by molar-refractivity contribution is 5.98. The van der Waals surface area contributed by atoms with Gasteiger partial charge in [-0.25, -0.2) is 4.79 Å². The van der Waals surface area contributed by atoms with Crippen LogP contribution in [0.15, 0.2) is 54.6 Å². The molecule has 0 bridgehead atoms. The van der Waals surface area contributed by atoms with Crippen LogP contribution in [-0.4, -0.2) is 40.3 Å². The lowest BCUT2D eigenvalue weighted by Gasteiger charge is -2.16. The second-order valence-corrected chi connectivity index (χ2v) is 6.32. The Labute approximate surface area is 174 Å². The summed E-state index contributed by atoms with van der Waals surface area (Å²) in [5.74, 6) is -4.69. The van der Waals surface area contributed by atoms with Gasteiger partial charge >= 0.3 is 18.5 Å². The average Bonchev–Trinajstić information content (AvgIpc) is 2.73. The van der Waals surface area contributed by atoms with Gasteiger partial charge < -0.3 is 19.7 Å². The third-order valence-electron chi connectivity index (χ3n) is 4.00. The number of ketones is 1. The van der Waals surface area contributed by atoms with Gasteiger partial charge in [0.2, 0.25) is 11.6 Å². The zero-order valence-electron chi connectivity index (χ0n) is 16.1. The summed E-state index contributed by atoms with van der Waals surface area (Å²) < 4.78 is 59.0. The van der Waals surface area contributed by atoms with E-state index >= 15 is 0 Å². The molecular weight excluding hydrogens is 424 g/mol. The Morgan fingerprint density at radius 3 is 2.06 bits per heavy atom. The van der Waals surface area contributed by atoms with Gasteiger partial charge in [0.25, 0.3) is 0 Å². The van der Waals surface area contributed by atoms with Crippen molar-refractivity contribution in [3.8, 4) is 11.5 Å². The fourth-order valence-corrected chi connectivity index (χ4v) is 2.15. The molecule has 0 unspecified atom stereocenters. The summed E-state index contributed by atoms with van der Waals surface area (Å²) in [5.41, 5.74) is 0.624. The van der Waals surface area contributed by atoms with Crippen LogP contribution in [0.2, 0.25) is 0 Å². The Morgan fingerprint density at radius 1 is 1.00 bits per heavy atom. The topological polar surface area (TPSA) is 93.1 Å². The van der Waals surface area contributed by atoms with Gasteiger partial charge in [-0.05, 0) is 48.0 Å². The largest absolute Gasteiger partial charge is 0.461 e. The number of esters is 1. The highest BCUT2D eigenvalue weighted by Crippen LogP contribution is 2.28. The number of carbonyl (C=O) groups is 2. The predicted octanol–water partition coefficient (Wildman–Crippen LogP) is 3.82. The summed E-state index contributed by atoms with van der Waals surface area (Å²) in [7, 11) is 0. The molecule has 2 aromatic carbocycles. The number of rotatable bonds is 9. The van der Waals surface area contributed by atoms with E-state index in [1.807, 2.05) is 0 Å². The molecule has 2 rings (SSSR count). The van der Waals surface area contributed by atoms with Gasteiger partial charge in [0.05, 0.1) is 5.56 Å². The minimum Gasteiger partial charge on any atom is -0.428 e. The van der Waals surface area contributed by atoms with Gasteiger partial charge in [0.1, 0.15) is 11.5 Å². The van der Waals surface area contributed by atoms with Crippen LogP contribution >= 0.6 is 0 Å². The van der Waals surface area contributed by atoms with Gasteiger partial charge in [0, 0.05) is 6.42 Å². The van der Waals surface area contributed by atoms with E-state index in [1.165, 1.54) is 37.3 Å². The second kappa shape index (κ2) is 9.71. The summed E-state index contributed by atoms with van der Waals surface area (Å²) in [6.07, 6.45) is -6.49. The summed E-state index contributed by atoms with van der Waals surface area (Å²) in [6.45, 7) is 1.44. The fourth-order valence-electron chi connectivity index (χ4n) is 2.15. The van der Waals surface area contributed by atoms with E-state index in [0.29, 0.717) is 5.56 Å². The Kier molecular flexibility index (Phi) is 7.53. The molecule has 0 spiro atoms. The molecule has 2 N–H and O–H groups in total. The van der Waals surface area contributed by atoms with Gasteiger partial charge in [-0.15, -0.1) is 0 Å². The number of alkyl halides is 4. The van der Waals surface area contributed by atoms with Gasteiger partial charge in [0.15, 0.2) is 0 Å². The van der Waals surface area contributed by atoms with E-state index in [1.54, 1.807) is 0 Å². The quantitative estimate of drug-likeness (QED) is 0.202. The van der Waals surface area contributed by atoms with E-state index in [4.69, 9.17) is 4.74 Å². The maximum Gasteiger partial charge on any atom is 0.461 e. The Morgan fingerprint density at radius 2 is 1.55 bits per heavy atom. The van der Waals surface area contributed by atoms with Crippen molar-refractivity contribution in [2.24, 2.45) is 0 Å². The van der Waals surface area contributed by atoms with Crippen LogP contribution in [0.5, 0.6) is 11.5 Å². The standard InChI is InChI=1S/C21H18F4O6/c1-2-20(28,29)17(26)12-5-13-3-6-14(7-4-13)18(27)30-15-8-10-16(11-9-15)31-21(24,25)19(22)23/h3-12,19,28-29H,2H2,1H3/b12-5+. The molecule has 31 heavy (non-hydrogen) atoms. The first-order chi connectivity index (χ1) is 14.4. The second-order valence-electron chi connectivity index (χ2n) is 6.32. The lowest BCUT2D eigenvalue weighted by Crippen LogP contribution is -2.36. The molecule has 0 saturated heterocycles. The van der Waals surface area contributed by atoms with Gasteiger partial charge in [-0.3, -0.25) is 4.79 Å². The Bertz CT molecular complexity index is 937. The van der Waals surface area contributed by atoms with E-state index in [-0.39, 0.29) is 17.7 Å². The van der Waals surface area contributed by atoms with Crippen molar-refractivity contribution in [1.29, 1.82) is 0 Å². The van der Waals surface area contributed by atoms with Crippen LogP contribution in [0.4, 0.5) is 17.6 Å². The van der Waals surface area contributed by atoms with Crippen molar-refractivity contribution >= 4 is 17.8 Å². The van der Waals surface area contributed by atoms with Crippen molar-refractivity contribution < 1.29 is 46.8 Å². The Hall–Kier alpha value is -3.24. The third-order valence-corrected chi connectivity index (χ3v) is 4.00. The Balaban J connectivity index is 1.99. The molecule has 166 valence electrons. The molecular formula is C21H18F4O6. The molecule has 0 fully saturated rings. The van der Waals surface area contributed by atoms with E-state index in [0.717, 1.165) is 30.3 Å². The van der Waals surface area contributed by atoms with Crippen molar-refractivity contribution in [2.75, 3.05) is 0 Å². The first kappa shape index (κ1) is 24.0. The van der Waals surface area contributed by atoms with Crippen LogP contribution in [0.3, 0.4) is 0 Å². The predicted molar refractivity (Wildman–Crippen MR) is 101 cm³/mol. The van der Waals surface area contributed by atoms with Crippen LogP contribution < -0.4 is 9.47 Å². The average molecular weight is 442 g/mol. The van der Waals surface area contributed by atoms with Crippen molar-refractivity contribution in [3.63, 3.8) is 0 Å². The zero-order chi connectivity index (χ0) is 23.2. The highest BCUT2D eigenvalue weighted by Gasteiger charge is 2.43. The van der Waals surface area contributed by atoms with Gasteiger partial charge in [-0.2, -0.15) is 17.6 Å². The lowest BCUT2D eigenvalue weighted by molar-refractivity contribution is -0.253. The number of aliphatic hydroxyl groups is 2. The molecule has 0 amide bonds. The van der Waals surface area contributed by atoms with E-state index in [2.05, 4.69) is 4.74 Å². The number of hydrogen-bond acceptors (Lipinski definition) is 6. The number of ether oxygens (including phenoxy) is 2. The smallest absolute Gasteiger partial charge is 0.428 e. The van der Waals surface area contributed by atoms with Crippen molar-refractivity contribution in [1.82, 2.24) is 0 Å². The van der Waals surface area contributed by atoms with Crippen LogP contribution in [0.1, 0.15) is 29.3 Å². The SMILES string of the molecule is CCC(O)(O)C(=O)/C=C/c1ccc(C(=O)Oc2ccc(OC(F)(F)C(F)F)cc2)cc1. The number of benzene rings is 2. The molecule has 6 nitrogen and oxygen atoms in total. The zero-order valence-corrected chi connectivity index (χ0v) is 16.1. The molecule has 0 saturated carbocycles. The third kappa shape index (κ3) is 6.63. The summed E-state index contributed by atoms with van der Waals surface area (Å²) in [6, 6.07) is 9.82. The molecule has 0 aliphatic carbocycles.